The molecule has 0 saturated carbocycles. The Kier molecular flexibility index (Phi) is 13.6. The van der Waals surface area contributed by atoms with Gasteiger partial charge in [0.25, 0.3) is 11.7 Å². The van der Waals surface area contributed by atoms with Gasteiger partial charge in [0.05, 0.1) is 86.2 Å². The normalized spacial score (nSPS) is 30.4. The summed E-state index contributed by atoms with van der Waals surface area (Å²) in [5, 5.41) is 78.9. The zero-order valence-electron chi connectivity index (χ0n) is 35.8. The number of hydrogen-bond donors (Lipinski definition) is 6. The number of aliphatic hydroxyl groups is 2. The first-order valence-corrected chi connectivity index (χ1v) is 20.0. The van der Waals surface area contributed by atoms with Crippen molar-refractivity contribution >= 4 is 40.3 Å². The molecule has 60 heavy (non-hydrogen) atoms. The number of hydrogen-bond acceptors (Lipinski definition) is 15. The summed E-state index contributed by atoms with van der Waals surface area (Å²) in [6.45, 7) is 13.4. The Morgan fingerprint density at radius 1 is 1.00 bits per heavy atom. The van der Waals surface area contributed by atoms with E-state index in [0.29, 0.717) is 0 Å². The Bertz CT molecular complexity index is 2120. The molecule has 0 aromatic heterocycles. The van der Waals surface area contributed by atoms with E-state index in [9.17, 15) is 45.1 Å². The number of hydroxylamine groups is 3. The molecule has 0 radical (unpaired) electrons. The first-order chi connectivity index (χ1) is 28.0. The average molecular weight is 839 g/mol. The quantitative estimate of drug-likeness (QED) is 0.0627. The number of anilines is 1. The van der Waals surface area contributed by atoms with Crippen molar-refractivity contribution < 1.29 is 63.5 Å². The van der Waals surface area contributed by atoms with Crippen LogP contribution < -0.4 is 10.1 Å². The summed E-state index contributed by atoms with van der Waals surface area (Å²) in [6.07, 6.45) is 4.60. The molecule has 5 bridgehead atoms. The number of methoxy groups -OCH3 is 1. The molecular weight excluding hydrogens is 780 g/mol. The van der Waals surface area contributed by atoms with E-state index in [0.717, 1.165) is 0 Å². The summed E-state index contributed by atoms with van der Waals surface area (Å²) >= 11 is 0. The van der Waals surface area contributed by atoms with E-state index in [1.54, 1.807) is 51.9 Å². The summed E-state index contributed by atoms with van der Waals surface area (Å²) in [5.74, 6) is -8.69. The lowest BCUT2D eigenvalue weighted by molar-refractivity contribution is -0.865. The number of carbonyl (C=O) groups excluding carboxylic acids is 3. The van der Waals surface area contributed by atoms with Gasteiger partial charge in [-0.25, -0.2) is 0 Å². The minimum atomic E-state index is -2.07. The van der Waals surface area contributed by atoms with Crippen LogP contribution in [0.25, 0.3) is 10.8 Å². The Balaban J connectivity index is 1.70. The molecule has 1 saturated heterocycles. The average Bonchev–Trinajstić information content (AvgIpc) is 3.46. The largest absolute Gasteiger partial charge is 0.633 e. The lowest BCUT2D eigenvalue weighted by Gasteiger charge is -2.44. The number of ether oxygens (including phenoxy) is 4. The molecule has 0 aliphatic carbocycles. The van der Waals surface area contributed by atoms with Gasteiger partial charge in [-0.15, -0.1) is 0 Å². The van der Waals surface area contributed by atoms with E-state index in [2.05, 4.69) is 10.4 Å². The van der Waals surface area contributed by atoms with Crippen LogP contribution in [0.15, 0.2) is 41.2 Å². The number of piperazine rings is 1. The number of quaternary nitrogens is 1. The van der Waals surface area contributed by atoms with Crippen molar-refractivity contribution in [2.45, 2.75) is 85.6 Å². The van der Waals surface area contributed by atoms with Crippen LogP contribution in [-0.4, -0.2) is 130 Å². The van der Waals surface area contributed by atoms with E-state index in [1.807, 2.05) is 0 Å². The number of nitrogens with zero attached hydrogens (tertiary/aromatic N) is 3. The topological polar surface area (TPSA) is 240 Å². The van der Waals surface area contributed by atoms with Gasteiger partial charge in [-0.3, -0.25) is 19.4 Å². The molecule has 1 amide bonds. The second kappa shape index (κ2) is 17.8. The number of aromatic hydroxyl groups is 3. The lowest BCUT2D eigenvalue weighted by Crippen LogP contribution is -2.52. The van der Waals surface area contributed by atoms with Crippen molar-refractivity contribution in [3.05, 3.63) is 58.0 Å². The van der Waals surface area contributed by atoms with Crippen LogP contribution >= 0.6 is 0 Å². The zero-order valence-corrected chi connectivity index (χ0v) is 35.8. The number of nitrogens with one attached hydrogen (secondary N) is 1. The van der Waals surface area contributed by atoms with E-state index in [1.165, 1.54) is 59.4 Å². The number of phenolic OH excluding ortho intramolecular Hbond substituents is 3. The number of carbonyl (C=O) groups is 3. The molecule has 2 aromatic rings. The van der Waals surface area contributed by atoms with E-state index in [4.69, 9.17) is 18.9 Å². The van der Waals surface area contributed by atoms with Gasteiger partial charge in [0, 0.05) is 61.2 Å². The van der Waals surface area contributed by atoms with Crippen LogP contribution in [0.1, 0.15) is 70.0 Å². The highest BCUT2D eigenvalue weighted by molar-refractivity contribution is 6.23. The number of phenols is 3. The van der Waals surface area contributed by atoms with Gasteiger partial charge < -0.3 is 59.7 Å². The summed E-state index contributed by atoms with van der Waals surface area (Å²) in [4.78, 5) is 40.5. The van der Waals surface area contributed by atoms with Crippen molar-refractivity contribution in [2.75, 3.05) is 45.7 Å². The predicted molar refractivity (Wildman–Crippen MR) is 222 cm³/mol. The number of allylic oxidation sites excluding steroid dienone is 2. The molecule has 6 N–H and O–H groups in total. The molecular formula is C43H58N4O13. The first-order valence-electron chi connectivity index (χ1n) is 20.0. The second-order valence-corrected chi connectivity index (χ2v) is 16.6. The van der Waals surface area contributed by atoms with E-state index >= 15 is 0 Å². The number of likely N-dealkylation sites (N-methyl/N-ethyl adjacent to an activating group) is 1. The molecule has 1 fully saturated rings. The molecule has 4 aliphatic rings. The number of hydrazone groups is 1. The smallest absolute Gasteiger partial charge is 0.312 e. The molecule has 6 rings (SSSR count). The first kappa shape index (κ1) is 45.9. The molecule has 17 nitrogen and oxygen atoms in total. The highest BCUT2D eigenvalue weighted by Crippen LogP contribution is 2.55. The summed E-state index contributed by atoms with van der Waals surface area (Å²) in [6, 6.07) is 0. The fourth-order valence-electron chi connectivity index (χ4n) is 8.00. The van der Waals surface area contributed by atoms with E-state index in [-0.39, 0.29) is 70.7 Å². The third-order valence-electron chi connectivity index (χ3n) is 12.0. The van der Waals surface area contributed by atoms with Crippen LogP contribution in [0.2, 0.25) is 0 Å². The van der Waals surface area contributed by atoms with Crippen molar-refractivity contribution in [2.24, 2.45) is 28.8 Å². The van der Waals surface area contributed by atoms with Crippen LogP contribution in [0.5, 0.6) is 23.0 Å². The minimum absolute atomic E-state index is 0.0279. The zero-order chi connectivity index (χ0) is 44.6. The molecule has 328 valence electrons. The summed E-state index contributed by atoms with van der Waals surface area (Å²) in [5.41, 5.74) is -0.581. The molecule has 0 spiro atoms. The maximum atomic E-state index is 14.4. The SMILES string of the molecule is CO[C@H]1C=CO[C@@]2(C)Oc3c(C)c(O)c4c(O)c(c(C=NN5CC[N+](C)([O-])CC5)c(O)c4c3C2=O)NC(=O)C(C)=CC=C[C@H](C)[C@H](O)[C@@H](C)[C@@H](O)[C@@H](C)C(OC(C)=O)[C@@H]1C. The highest BCUT2D eigenvalue weighted by atomic mass is 16.7. The van der Waals surface area contributed by atoms with Gasteiger partial charge in [-0.05, 0) is 19.9 Å². The molecule has 4 aliphatic heterocycles. The van der Waals surface area contributed by atoms with Crippen molar-refractivity contribution in [3.63, 3.8) is 0 Å². The number of aliphatic hydroxyl groups excluding tert-OH is 2. The molecule has 1 unspecified atom stereocenters. The maximum absolute atomic E-state index is 14.4. The van der Waals surface area contributed by atoms with Crippen LogP contribution in [0.4, 0.5) is 5.69 Å². The number of esters is 1. The molecule has 2 aromatic carbocycles. The summed E-state index contributed by atoms with van der Waals surface area (Å²) in [7, 11) is 2.98. The number of benzene rings is 2. The number of rotatable bonds is 4. The number of fused-ring (bicyclic) bond motifs is 14. The van der Waals surface area contributed by atoms with Crippen LogP contribution in [-0.2, 0) is 23.8 Å². The number of ketones is 1. The second-order valence-electron chi connectivity index (χ2n) is 16.6. The van der Waals surface area contributed by atoms with Crippen LogP contribution in [0.3, 0.4) is 0 Å². The van der Waals surface area contributed by atoms with Crippen molar-refractivity contribution in [1.29, 1.82) is 0 Å². The maximum Gasteiger partial charge on any atom is 0.312 e. The summed E-state index contributed by atoms with van der Waals surface area (Å²) < 4.78 is 23.1. The predicted octanol–water partition coefficient (Wildman–Crippen LogP) is 4.35. The number of amides is 1. The Morgan fingerprint density at radius 3 is 2.27 bits per heavy atom. The molecule has 17 heteroatoms. The highest BCUT2D eigenvalue weighted by Gasteiger charge is 2.50. The molecule has 4 heterocycles. The minimum Gasteiger partial charge on any atom is -0.633 e. The monoisotopic (exact) mass is 838 g/mol. The fourth-order valence-corrected chi connectivity index (χ4v) is 8.00. The van der Waals surface area contributed by atoms with Gasteiger partial charge in [0.2, 0.25) is 0 Å². The Labute approximate surface area is 349 Å². The standard InChI is InChI=1S/C43H58N4O13/c1-21-12-11-13-22(2)42(55)45-33-28(20-44-46-15-17-47(9,56)18-16-46)37(52)30-31(38(33)53)36(51)26(6)40-32(30)41(54)43(8,60-40)58-19-14-29(57-10)23(3)39(59-27(7)48)25(5)35(50)24(4)34(21)49/h11-14,19-21,23-25,29,34-35,39,49-53H,15-18H2,1-10H3,(H,45,55)/t21-,23+,24+,25+,29-,34-,35+,39?,43-/m0/s1. The van der Waals surface area contributed by atoms with Gasteiger partial charge in [-0.1, -0.05) is 45.9 Å². The number of Topliss-reactive ketones (excluding diaryl/α,β-unsaturated/α-hetero) is 1. The Morgan fingerprint density at radius 2 is 1.65 bits per heavy atom. The Hall–Kier alpha value is -5.20. The van der Waals surface area contributed by atoms with Gasteiger partial charge in [0.1, 0.15) is 23.4 Å². The van der Waals surface area contributed by atoms with Crippen molar-refractivity contribution in [3.8, 4) is 23.0 Å². The van der Waals surface area contributed by atoms with Gasteiger partial charge >= 0.3 is 11.8 Å². The van der Waals surface area contributed by atoms with Gasteiger partial charge in [0.15, 0.2) is 5.75 Å². The van der Waals surface area contributed by atoms with E-state index < -0.39 is 93.4 Å². The van der Waals surface area contributed by atoms with Crippen LogP contribution in [0, 0.1) is 35.8 Å². The lowest BCUT2D eigenvalue weighted by atomic mass is 9.78. The molecule has 9 atom stereocenters. The third-order valence-corrected chi connectivity index (χ3v) is 12.0. The third kappa shape index (κ3) is 8.95. The van der Waals surface area contributed by atoms with Crippen molar-refractivity contribution in [1.82, 2.24) is 5.01 Å². The fraction of sp³-hybridized carbons (Fsp3) is 0.535. The van der Waals surface area contributed by atoms with Gasteiger partial charge in [-0.2, -0.15) is 5.10 Å².